The maximum absolute atomic E-state index is 5.93. The molecule has 6 heteroatoms. The number of nitrogens with zero attached hydrogens (tertiary/aromatic N) is 4. The number of rotatable bonds is 7. The van der Waals surface area contributed by atoms with Crippen LogP contribution in [0.3, 0.4) is 0 Å². The minimum atomic E-state index is 0.495. The zero-order valence-electron chi connectivity index (χ0n) is 14.3. The van der Waals surface area contributed by atoms with Crippen molar-refractivity contribution in [3.63, 3.8) is 0 Å². The fourth-order valence-electron chi connectivity index (χ4n) is 2.23. The molecule has 0 aliphatic heterocycles. The van der Waals surface area contributed by atoms with E-state index in [2.05, 4.69) is 46.5 Å². The molecule has 0 saturated carbocycles. The standard InChI is InChI=1S/C19H20N4O2/c1-3-24-19-10-17(11-22-23-13-20-21-14-23)8-9-18(19)25-12-16-6-4-15(2)5-7-16/h4-11,13-14H,3,12H2,1-2H3/b22-11-. The van der Waals surface area contributed by atoms with Crippen molar-refractivity contribution in [2.24, 2.45) is 5.10 Å². The Morgan fingerprint density at radius 1 is 1.00 bits per heavy atom. The van der Waals surface area contributed by atoms with E-state index < -0.39 is 0 Å². The van der Waals surface area contributed by atoms with E-state index in [1.807, 2.05) is 25.1 Å². The number of hydrogen-bond acceptors (Lipinski definition) is 5. The second kappa shape index (κ2) is 8.10. The van der Waals surface area contributed by atoms with Crippen molar-refractivity contribution in [3.8, 4) is 11.5 Å². The van der Waals surface area contributed by atoms with Gasteiger partial charge in [-0.15, -0.1) is 10.2 Å². The quantitative estimate of drug-likeness (QED) is 0.620. The highest BCUT2D eigenvalue weighted by Gasteiger charge is 2.06. The highest BCUT2D eigenvalue weighted by molar-refractivity contribution is 5.80. The van der Waals surface area contributed by atoms with Crippen molar-refractivity contribution in [3.05, 3.63) is 71.8 Å². The molecular formula is C19H20N4O2. The number of aromatic nitrogens is 3. The summed E-state index contributed by atoms with van der Waals surface area (Å²) in [6, 6.07) is 14.0. The first-order valence-electron chi connectivity index (χ1n) is 8.09. The predicted octanol–water partition coefficient (Wildman–Crippen LogP) is 3.45. The molecule has 0 bridgehead atoms. The number of benzene rings is 2. The molecule has 3 rings (SSSR count). The second-order valence-electron chi connectivity index (χ2n) is 5.50. The van der Waals surface area contributed by atoms with Gasteiger partial charge < -0.3 is 9.47 Å². The minimum Gasteiger partial charge on any atom is -0.490 e. The molecule has 1 heterocycles. The van der Waals surface area contributed by atoms with Crippen molar-refractivity contribution < 1.29 is 9.47 Å². The molecule has 1 aromatic heterocycles. The molecule has 0 amide bonds. The summed E-state index contributed by atoms with van der Waals surface area (Å²) in [5.41, 5.74) is 3.25. The van der Waals surface area contributed by atoms with Crippen molar-refractivity contribution in [1.29, 1.82) is 0 Å². The first-order chi connectivity index (χ1) is 12.2. The van der Waals surface area contributed by atoms with Gasteiger partial charge >= 0.3 is 0 Å². The van der Waals surface area contributed by atoms with Crippen LogP contribution in [0, 0.1) is 6.92 Å². The van der Waals surface area contributed by atoms with E-state index in [0.29, 0.717) is 24.7 Å². The highest BCUT2D eigenvalue weighted by atomic mass is 16.5. The van der Waals surface area contributed by atoms with Crippen LogP contribution in [0.25, 0.3) is 0 Å². The fourth-order valence-corrected chi connectivity index (χ4v) is 2.23. The second-order valence-corrected chi connectivity index (χ2v) is 5.50. The van der Waals surface area contributed by atoms with E-state index >= 15 is 0 Å². The van der Waals surface area contributed by atoms with E-state index in [1.165, 1.54) is 22.9 Å². The van der Waals surface area contributed by atoms with Crippen LogP contribution in [-0.4, -0.2) is 27.7 Å². The lowest BCUT2D eigenvalue weighted by Crippen LogP contribution is -2.00. The average molecular weight is 336 g/mol. The Hall–Kier alpha value is -3.15. The molecule has 25 heavy (non-hydrogen) atoms. The first-order valence-corrected chi connectivity index (χ1v) is 8.09. The summed E-state index contributed by atoms with van der Waals surface area (Å²) in [5, 5.41) is 11.7. The summed E-state index contributed by atoms with van der Waals surface area (Å²) < 4.78 is 13.2. The normalized spacial score (nSPS) is 11.0. The number of hydrogen-bond donors (Lipinski definition) is 0. The van der Waals surface area contributed by atoms with Gasteiger partial charge in [-0.1, -0.05) is 29.8 Å². The Bertz CT molecular complexity index is 827. The Balaban J connectivity index is 1.73. The van der Waals surface area contributed by atoms with Gasteiger partial charge in [-0.05, 0) is 43.2 Å². The fraction of sp³-hybridized carbons (Fsp3) is 0.211. The molecule has 0 aliphatic rings. The van der Waals surface area contributed by atoms with Crippen molar-refractivity contribution in [1.82, 2.24) is 14.9 Å². The molecule has 0 atom stereocenters. The molecule has 3 aromatic rings. The van der Waals surface area contributed by atoms with Crippen LogP contribution in [0.5, 0.6) is 11.5 Å². The summed E-state index contributed by atoms with van der Waals surface area (Å²) in [6.45, 7) is 5.07. The van der Waals surface area contributed by atoms with Gasteiger partial charge in [-0.3, -0.25) is 0 Å². The molecular weight excluding hydrogens is 316 g/mol. The first kappa shape index (κ1) is 16.7. The zero-order chi connectivity index (χ0) is 17.5. The zero-order valence-corrected chi connectivity index (χ0v) is 14.3. The Morgan fingerprint density at radius 3 is 2.48 bits per heavy atom. The largest absolute Gasteiger partial charge is 0.490 e. The summed E-state index contributed by atoms with van der Waals surface area (Å²) in [7, 11) is 0. The molecule has 128 valence electrons. The maximum atomic E-state index is 5.93. The Morgan fingerprint density at radius 2 is 1.76 bits per heavy atom. The predicted molar refractivity (Wildman–Crippen MR) is 96.1 cm³/mol. The van der Waals surface area contributed by atoms with Crippen LogP contribution < -0.4 is 9.47 Å². The van der Waals surface area contributed by atoms with Gasteiger partial charge in [0.05, 0.1) is 12.8 Å². The summed E-state index contributed by atoms with van der Waals surface area (Å²) >= 11 is 0. The summed E-state index contributed by atoms with van der Waals surface area (Å²) in [6.07, 6.45) is 4.77. The number of ether oxygens (including phenoxy) is 2. The summed E-state index contributed by atoms with van der Waals surface area (Å²) in [4.78, 5) is 0. The van der Waals surface area contributed by atoms with Gasteiger partial charge in [-0.2, -0.15) is 5.10 Å². The van der Waals surface area contributed by atoms with Crippen LogP contribution in [0.2, 0.25) is 0 Å². The molecule has 2 aromatic carbocycles. The third-order valence-corrected chi connectivity index (χ3v) is 3.53. The average Bonchev–Trinajstić information content (AvgIpc) is 3.14. The molecule has 0 spiro atoms. The topological polar surface area (TPSA) is 61.5 Å². The highest BCUT2D eigenvalue weighted by Crippen LogP contribution is 2.29. The lowest BCUT2D eigenvalue weighted by atomic mass is 10.2. The summed E-state index contributed by atoms with van der Waals surface area (Å²) in [5.74, 6) is 1.41. The van der Waals surface area contributed by atoms with Gasteiger partial charge in [0.1, 0.15) is 19.3 Å². The Kier molecular flexibility index (Phi) is 5.41. The molecule has 6 nitrogen and oxygen atoms in total. The van der Waals surface area contributed by atoms with Crippen LogP contribution in [0.4, 0.5) is 0 Å². The molecule has 0 N–H and O–H groups in total. The van der Waals surface area contributed by atoms with Gasteiger partial charge in [0.2, 0.25) is 0 Å². The van der Waals surface area contributed by atoms with Crippen molar-refractivity contribution >= 4 is 6.21 Å². The Labute approximate surface area is 146 Å². The third kappa shape index (κ3) is 4.67. The van der Waals surface area contributed by atoms with Crippen LogP contribution in [-0.2, 0) is 6.61 Å². The smallest absolute Gasteiger partial charge is 0.161 e. The lowest BCUT2D eigenvalue weighted by Gasteiger charge is -2.12. The monoisotopic (exact) mass is 336 g/mol. The van der Waals surface area contributed by atoms with Crippen LogP contribution in [0.1, 0.15) is 23.6 Å². The molecule has 0 radical (unpaired) electrons. The molecule has 0 saturated heterocycles. The van der Waals surface area contributed by atoms with Crippen LogP contribution >= 0.6 is 0 Å². The van der Waals surface area contributed by atoms with E-state index in [0.717, 1.165) is 11.1 Å². The van der Waals surface area contributed by atoms with E-state index in [9.17, 15) is 0 Å². The SMILES string of the molecule is CCOc1cc(/C=N\n2cnnc2)ccc1OCc1ccc(C)cc1. The van der Waals surface area contributed by atoms with E-state index in [-0.39, 0.29) is 0 Å². The van der Waals surface area contributed by atoms with Gasteiger partial charge in [0, 0.05) is 0 Å². The van der Waals surface area contributed by atoms with Gasteiger partial charge in [-0.25, -0.2) is 4.68 Å². The van der Waals surface area contributed by atoms with Gasteiger partial charge in [0.15, 0.2) is 11.5 Å². The number of aryl methyl sites for hydroxylation is 1. The minimum absolute atomic E-state index is 0.495. The molecule has 0 unspecified atom stereocenters. The van der Waals surface area contributed by atoms with Crippen molar-refractivity contribution in [2.75, 3.05) is 6.61 Å². The lowest BCUT2D eigenvalue weighted by molar-refractivity contribution is 0.269. The third-order valence-electron chi connectivity index (χ3n) is 3.53. The van der Waals surface area contributed by atoms with Crippen molar-refractivity contribution in [2.45, 2.75) is 20.5 Å². The molecule has 0 aliphatic carbocycles. The van der Waals surface area contributed by atoms with Crippen LogP contribution in [0.15, 0.2) is 60.2 Å². The van der Waals surface area contributed by atoms with Gasteiger partial charge in [0.25, 0.3) is 0 Å². The molecule has 0 fully saturated rings. The van der Waals surface area contributed by atoms with E-state index in [1.54, 1.807) is 6.21 Å². The maximum Gasteiger partial charge on any atom is 0.161 e. The van der Waals surface area contributed by atoms with E-state index in [4.69, 9.17) is 9.47 Å².